The summed E-state index contributed by atoms with van der Waals surface area (Å²) in [6.07, 6.45) is 1.14. The van der Waals surface area contributed by atoms with Crippen molar-refractivity contribution in [1.29, 1.82) is 0 Å². The largest absolute Gasteiger partial charge is 0.481 e. The second kappa shape index (κ2) is 3.61. The van der Waals surface area contributed by atoms with Crippen LogP contribution in [0.1, 0.15) is 5.69 Å². The van der Waals surface area contributed by atoms with E-state index in [1.165, 1.54) is 13.3 Å². The van der Waals surface area contributed by atoms with Gasteiger partial charge in [-0.15, -0.1) is 5.10 Å². The summed E-state index contributed by atoms with van der Waals surface area (Å²) in [4.78, 5) is 13.9. The van der Waals surface area contributed by atoms with E-state index in [0.717, 1.165) is 0 Å². The lowest BCUT2D eigenvalue weighted by Crippen LogP contribution is -2.05. The molecule has 64 valence electrons. The molecule has 1 aromatic heterocycles. The third-order valence-corrected chi connectivity index (χ3v) is 1.10. The van der Waals surface area contributed by atoms with Crippen LogP contribution in [0.4, 0.5) is 0 Å². The summed E-state index contributed by atoms with van der Waals surface area (Å²) < 4.78 is 4.64. The standard InChI is InChI=1S/C6H7N3O3/c1-12-6-7-3-4(8-9-6)2-5(10)11/h3H,2H2,1H3,(H,10,11). The van der Waals surface area contributed by atoms with Crippen molar-refractivity contribution in [3.63, 3.8) is 0 Å². The molecule has 0 aromatic carbocycles. The first kappa shape index (κ1) is 8.38. The molecule has 1 heterocycles. The van der Waals surface area contributed by atoms with Gasteiger partial charge >= 0.3 is 12.0 Å². The van der Waals surface area contributed by atoms with E-state index in [1.807, 2.05) is 0 Å². The van der Waals surface area contributed by atoms with Crippen molar-refractivity contribution in [2.45, 2.75) is 6.42 Å². The number of carbonyl (C=O) groups is 1. The number of aliphatic carboxylic acids is 1. The molecular formula is C6H7N3O3. The van der Waals surface area contributed by atoms with Crippen molar-refractivity contribution in [2.24, 2.45) is 0 Å². The first-order chi connectivity index (χ1) is 5.72. The fourth-order valence-corrected chi connectivity index (χ4v) is 0.618. The smallest absolute Gasteiger partial charge is 0.335 e. The predicted octanol–water partition coefficient (Wildman–Crippen LogP) is -0.493. The van der Waals surface area contributed by atoms with E-state index in [4.69, 9.17) is 5.11 Å². The summed E-state index contributed by atoms with van der Waals surface area (Å²) in [5, 5.41) is 15.4. The Morgan fingerprint density at radius 3 is 2.83 bits per heavy atom. The molecule has 0 aliphatic rings. The van der Waals surface area contributed by atoms with Gasteiger partial charge in [-0.05, 0) is 0 Å². The fraction of sp³-hybridized carbons (Fsp3) is 0.333. The van der Waals surface area contributed by atoms with Crippen LogP contribution in [0, 0.1) is 0 Å². The molecule has 0 saturated carbocycles. The Kier molecular flexibility index (Phi) is 2.52. The summed E-state index contributed by atoms with van der Waals surface area (Å²) in [6, 6.07) is 0.129. The molecular weight excluding hydrogens is 162 g/mol. The number of nitrogens with zero attached hydrogens (tertiary/aromatic N) is 3. The topological polar surface area (TPSA) is 85.2 Å². The lowest BCUT2D eigenvalue weighted by molar-refractivity contribution is -0.136. The van der Waals surface area contributed by atoms with Crippen LogP contribution < -0.4 is 4.74 Å². The molecule has 0 radical (unpaired) electrons. The predicted molar refractivity (Wildman–Crippen MR) is 37.7 cm³/mol. The summed E-state index contributed by atoms with van der Waals surface area (Å²) in [5.41, 5.74) is 0.309. The van der Waals surface area contributed by atoms with Crippen LogP contribution in [0.5, 0.6) is 6.01 Å². The summed E-state index contributed by atoms with van der Waals surface area (Å²) in [7, 11) is 1.41. The Morgan fingerprint density at radius 2 is 2.42 bits per heavy atom. The third-order valence-electron chi connectivity index (χ3n) is 1.10. The zero-order valence-corrected chi connectivity index (χ0v) is 6.39. The minimum Gasteiger partial charge on any atom is -0.481 e. The van der Waals surface area contributed by atoms with Crippen LogP contribution in [0.25, 0.3) is 0 Å². The van der Waals surface area contributed by atoms with Crippen molar-refractivity contribution in [3.05, 3.63) is 11.9 Å². The number of hydrogen-bond donors (Lipinski definition) is 1. The minimum atomic E-state index is -0.962. The highest BCUT2D eigenvalue weighted by Gasteiger charge is 2.03. The quantitative estimate of drug-likeness (QED) is 0.657. The van der Waals surface area contributed by atoms with Crippen molar-refractivity contribution in [1.82, 2.24) is 15.2 Å². The highest BCUT2D eigenvalue weighted by molar-refractivity contribution is 5.69. The first-order valence-electron chi connectivity index (χ1n) is 3.16. The Bertz CT molecular complexity index is 272. The number of carboxylic acid groups (broad SMARTS) is 1. The lowest BCUT2D eigenvalue weighted by Gasteiger charge is -1.96. The number of aromatic nitrogens is 3. The van der Waals surface area contributed by atoms with E-state index < -0.39 is 5.97 Å². The average molecular weight is 169 g/mol. The van der Waals surface area contributed by atoms with Crippen LogP contribution >= 0.6 is 0 Å². The molecule has 12 heavy (non-hydrogen) atoms. The number of methoxy groups -OCH3 is 1. The Balaban J connectivity index is 2.71. The van der Waals surface area contributed by atoms with Gasteiger partial charge in [0, 0.05) is 0 Å². The zero-order chi connectivity index (χ0) is 8.97. The Hall–Kier alpha value is -1.72. The average Bonchev–Trinajstić information content (AvgIpc) is 2.05. The van der Waals surface area contributed by atoms with Gasteiger partial charge in [-0.3, -0.25) is 4.79 Å². The number of rotatable bonds is 3. The van der Waals surface area contributed by atoms with Crippen molar-refractivity contribution in [3.8, 4) is 6.01 Å². The van der Waals surface area contributed by atoms with E-state index >= 15 is 0 Å². The molecule has 0 spiro atoms. The molecule has 0 unspecified atom stereocenters. The van der Waals surface area contributed by atoms with Gasteiger partial charge in [0.2, 0.25) is 0 Å². The molecule has 0 saturated heterocycles. The van der Waals surface area contributed by atoms with Crippen molar-refractivity contribution >= 4 is 5.97 Å². The summed E-state index contributed by atoms with van der Waals surface area (Å²) in [5.74, 6) is -0.962. The highest BCUT2D eigenvalue weighted by Crippen LogP contribution is 1.97. The molecule has 0 atom stereocenters. The third kappa shape index (κ3) is 2.15. The fourth-order valence-electron chi connectivity index (χ4n) is 0.618. The van der Waals surface area contributed by atoms with Crippen molar-refractivity contribution in [2.75, 3.05) is 7.11 Å². The van der Waals surface area contributed by atoms with Gasteiger partial charge in [0.25, 0.3) is 0 Å². The maximum atomic E-state index is 10.2. The van der Waals surface area contributed by atoms with Gasteiger partial charge in [0.15, 0.2) is 0 Å². The van der Waals surface area contributed by atoms with E-state index in [0.29, 0.717) is 5.69 Å². The van der Waals surface area contributed by atoms with Crippen LogP contribution in [-0.4, -0.2) is 33.4 Å². The van der Waals surface area contributed by atoms with Crippen LogP contribution in [0.15, 0.2) is 6.20 Å². The summed E-state index contributed by atoms with van der Waals surface area (Å²) >= 11 is 0. The Morgan fingerprint density at radius 1 is 1.67 bits per heavy atom. The van der Waals surface area contributed by atoms with Gasteiger partial charge in [0.1, 0.15) is 0 Å². The minimum absolute atomic E-state index is 0.129. The number of carboxylic acids is 1. The molecule has 0 aliphatic carbocycles. The van der Waals surface area contributed by atoms with Gasteiger partial charge in [-0.1, -0.05) is 5.10 Å². The zero-order valence-electron chi connectivity index (χ0n) is 6.39. The van der Waals surface area contributed by atoms with Gasteiger partial charge in [-0.25, -0.2) is 4.98 Å². The maximum Gasteiger partial charge on any atom is 0.335 e. The molecule has 6 heteroatoms. The number of hydrogen-bond acceptors (Lipinski definition) is 5. The summed E-state index contributed by atoms with van der Waals surface area (Å²) in [6.45, 7) is 0. The maximum absolute atomic E-state index is 10.2. The molecule has 0 bridgehead atoms. The SMILES string of the molecule is COc1ncc(CC(=O)O)nn1. The lowest BCUT2D eigenvalue weighted by atomic mass is 10.3. The Labute approximate surface area is 68.2 Å². The van der Waals surface area contributed by atoms with E-state index in [-0.39, 0.29) is 12.4 Å². The monoisotopic (exact) mass is 169 g/mol. The second-order valence-electron chi connectivity index (χ2n) is 2.01. The van der Waals surface area contributed by atoms with Crippen LogP contribution in [0.2, 0.25) is 0 Å². The van der Waals surface area contributed by atoms with Gasteiger partial charge < -0.3 is 9.84 Å². The van der Waals surface area contributed by atoms with Crippen LogP contribution in [0.3, 0.4) is 0 Å². The molecule has 1 aromatic rings. The highest BCUT2D eigenvalue weighted by atomic mass is 16.5. The van der Waals surface area contributed by atoms with E-state index in [1.54, 1.807) is 0 Å². The number of ether oxygens (including phenoxy) is 1. The van der Waals surface area contributed by atoms with Crippen molar-refractivity contribution < 1.29 is 14.6 Å². The molecule has 0 aliphatic heterocycles. The molecule has 0 amide bonds. The van der Waals surface area contributed by atoms with Crippen LogP contribution in [-0.2, 0) is 11.2 Å². The van der Waals surface area contributed by atoms with E-state index in [2.05, 4.69) is 19.9 Å². The normalized spacial score (nSPS) is 9.42. The molecule has 6 nitrogen and oxygen atoms in total. The van der Waals surface area contributed by atoms with Gasteiger partial charge in [0.05, 0.1) is 25.4 Å². The molecule has 0 fully saturated rings. The van der Waals surface area contributed by atoms with E-state index in [9.17, 15) is 4.79 Å². The first-order valence-corrected chi connectivity index (χ1v) is 3.16. The molecule has 1 rings (SSSR count). The van der Waals surface area contributed by atoms with Gasteiger partial charge in [-0.2, -0.15) is 0 Å². The second-order valence-corrected chi connectivity index (χ2v) is 2.01. The molecule has 1 N–H and O–H groups in total.